The number of ether oxygens (including phenoxy) is 1. The predicted molar refractivity (Wildman–Crippen MR) is 158 cm³/mol. The molecule has 2 aromatic carbocycles. The van der Waals surface area contributed by atoms with Crippen molar-refractivity contribution in [2.45, 2.75) is 50.8 Å². The Kier molecular flexibility index (Phi) is 9.77. The van der Waals surface area contributed by atoms with E-state index in [1.165, 1.54) is 28.0 Å². The number of likely N-dealkylation sites (tertiary alicyclic amines) is 1. The third-order valence-corrected chi connectivity index (χ3v) is 8.64. The second-order valence-electron chi connectivity index (χ2n) is 10.9. The van der Waals surface area contributed by atoms with Crippen LogP contribution in [0.2, 0.25) is 0 Å². The van der Waals surface area contributed by atoms with Crippen molar-refractivity contribution in [1.29, 1.82) is 0 Å². The maximum atomic E-state index is 13.1. The van der Waals surface area contributed by atoms with Gasteiger partial charge in [0.25, 0.3) is 5.91 Å². The van der Waals surface area contributed by atoms with Gasteiger partial charge in [0.15, 0.2) is 0 Å². The summed E-state index contributed by atoms with van der Waals surface area (Å²) in [7, 11) is 9.87. The van der Waals surface area contributed by atoms with Gasteiger partial charge in [0, 0.05) is 44.2 Å². The number of benzene rings is 2. The predicted octanol–water partition coefficient (Wildman–Crippen LogP) is 5.45. The lowest BCUT2D eigenvalue weighted by atomic mass is 10.1. The van der Waals surface area contributed by atoms with E-state index in [-0.39, 0.29) is 5.91 Å². The molecule has 210 valence electrons. The summed E-state index contributed by atoms with van der Waals surface area (Å²) in [6.07, 6.45) is 2.79. The molecule has 0 N–H and O–H groups in total. The molecule has 1 amide bonds. The third-order valence-electron chi connectivity index (χ3n) is 7.37. The SMILES string of the molecule is COc1cc(C)c(SN(C)Cc2cc(C(=O)N(C)Cc3ccc(CN4CCC(N(C)C)C4)cc3)co2)c(C)c1. The summed E-state index contributed by atoms with van der Waals surface area (Å²) >= 11 is 1.67. The first-order chi connectivity index (χ1) is 18.6. The van der Waals surface area contributed by atoms with Crippen LogP contribution < -0.4 is 4.74 Å². The molecule has 1 fully saturated rings. The third kappa shape index (κ3) is 7.66. The van der Waals surface area contributed by atoms with Crippen LogP contribution in [-0.2, 0) is 19.6 Å². The molecular weight excluding hydrogens is 508 g/mol. The second kappa shape index (κ2) is 13.0. The van der Waals surface area contributed by atoms with Crippen molar-refractivity contribution < 1.29 is 13.9 Å². The summed E-state index contributed by atoms with van der Waals surface area (Å²) in [6, 6.07) is 15.2. The molecule has 0 spiro atoms. The first-order valence-corrected chi connectivity index (χ1v) is 14.2. The number of furan rings is 1. The summed E-state index contributed by atoms with van der Waals surface area (Å²) < 4.78 is 13.3. The molecule has 0 bridgehead atoms. The van der Waals surface area contributed by atoms with Gasteiger partial charge in [0.05, 0.1) is 19.2 Å². The van der Waals surface area contributed by atoms with Crippen LogP contribution in [0.25, 0.3) is 0 Å². The molecule has 1 aromatic heterocycles. The Morgan fingerprint density at radius 1 is 1.03 bits per heavy atom. The summed E-state index contributed by atoms with van der Waals surface area (Å²) in [6.45, 7) is 8.55. The van der Waals surface area contributed by atoms with Crippen LogP contribution >= 0.6 is 11.9 Å². The average molecular weight is 551 g/mol. The van der Waals surface area contributed by atoms with Gasteiger partial charge in [-0.3, -0.25) is 9.69 Å². The van der Waals surface area contributed by atoms with Crippen LogP contribution in [0.1, 0.15) is 44.8 Å². The van der Waals surface area contributed by atoms with E-state index in [1.54, 1.807) is 30.2 Å². The van der Waals surface area contributed by atoms with Gasteiger partial charge in [-0.25, -0.2) is 4.31 Å². The Hall–Kier alpha value is -2.78. The van der Waals surface area contributed by atoms with Gasteiger partial charge in [-0.15, -0.1) is 0 Å². The molecule has 1 unspecified atom stereocenters. The summed E-state index contributed by atoms with van der Waals surface area (Å²) in [5, 5.41) is 0. The van der Waals surface area contributed by atoms with Gasteiger partial charge in [-0.1, -0.05) is 24.3 Å². The number of carbonyl (C=O) groups is 1. The maximum Gasteiger partial charge on any atom is 0.257 e. The van der Waals surface area contributed by atoms with E-state index in [0.717, 1.165) is 36.7 Å². The van der Waals surface area contributed by atoms with Crippen molar-refractivity contribution in [1.82, 2.24) is 19.0 Å². The maximum absolute atomic E-state index is 13.1. The summed E-state index contributed by atoms with van der Waals surface area (Å²) in [5.74, 6) is 1.58. The molecule has 2 heterocycles. The van der Waals surface area contributed by atoms with E-state index in [0.29, 0.717) is 24.7 Å². The van der Waals surface area contributed by atoms with Crippen molar-refractivity contribution in [2.24, 2.45) is 0 Å². The summed E-state index contributed by atoms with van der Waals surface area (Å²) in [4.78, 5) is 20.9. The van der Waals surface area contributed by atoms with E-state index in [4.69, 9.17) is 9.15 Å². The Morgan fingerprint density at radius 3 is 2.31 bits per heavy atom. The minimum Gasteiger partial charge on any atom is -0.497 e. The van der Waals surface area contributed by atoms with Crippen molar-refractivity contribution in [3.8, 4) is 5.75 Å². The van der Waals surface area contributed by atoms with Crippen molar-refractivity contribution in [3.05, 3.63) is 82.3 Å². The molecule has 0 aliphatic carbocycles. The Balaban J connectivity index is 1.28. The Bertz CT molecular complexity index is 1230. The van der Waals surface area contributed by atoms with Crippen molar-refractivity contribution >= 4 is 17.9 Å². The van der Waals surface area contributed by atoms with Gasteiger partial charge in [0.2, 0.25) is 0 Å². The second-order valence-corrected chi connectivity index (χ2v) is 12.1. The van der Waals surface area contributed by atoms with E-state index in [9.17, 15) is 4.79 Å². The molecule has 1 atom stereocenters. The zero-order chi connectivity index (χ0) is 28.1. The van der Waals surface area contributed by atoms with Crippen molar-refractivity contribution in [2.75, 3.05) is 48.4 Å². The Labute approximate surface area is 237 Å². The molecule has 1 aliphatic heterocycles. The lowest BCUT2D eigenvalue weighted by molar-refractivity contribution is 0.0784. The lowest BCUT2D eigenvalue weighted by Crippen LogP contribution is -2.31. The highest BCUT2D eigenvalue weighted by Crippen LogP contribution is 2.32. The van der Waals surface area contributed by atoms with Gasteiger partial charge in [-0.2, -0.15) is 0 Å². The summed E-state index contributed by atoms with van der Waals surface area (Å²) in [5.41, 5.74) is 5.34. The smallest absolute Gasteiger partial charge is 0.257 e. The first kappa shape index (κ1) is 29.2. The van der Waals surface area contributed by atoms with Crippen LogP contribution in [-0.4, -0.2) is 79.3 Å². The molecule has 1 aliphatic rings. The number of methoxy groups -OCH3 is 1. The van der Waals surface area contributed by atoms with E-state index < -0.39 is 0 Å². The van der Waals surface area contributed by atoms with Crippen LogP contribution in [0.15, 0.2) is 58.0 Å². The minimum atomic E-state index is -0.0435. The fourth-order valence-electron chi connectivity index (χ4n) is 5.11. The van der Waals surface area contributed by atoms with E-state index in [1.807, 2.05) is 32.3 Å². The Morgan fingerprint density at radius 2 is 1.69 bits per heavy atom. The largest absolute Gasteiger partial charge is 0.497 e. The zero-order valence-corrected chi connectivity index (χ0v) is 25.2. The quantitative estimate of drug-likeness (QED) is 0.294. The number of hydrogen-bond acceptors (Lipinski definition) is 7. The average Bonchev–Trinajstić information content (AvgIpc) is 3.56. The number of amides is 1. The highest BCUT2D eigenvalue weighted by molar-refractivity contribution is 7.97. The van der Waals surface area contributed by atoms with Crippen LogP contribution in [0.4, 0.5) is 0 Å². The number of rotatable bonds is 11. The fourth-order valence-corrected chi connectivity index (χ4v) is 6.02. The monoisotopic (exact) mass is 550 g/mol. The van der Waals surface area contributed by atoms with Gasteiger partial charge in [0.1, 0.15) is 17.8 Å². The number of hydrogen-bond donors (Lipinski definition) is 0. The molecule has 1 saturated heterocycles. The zero-order valence-electron chi connectivity index (χ0n) is 24.4. The van der Waals surface area contributed by atoms with Gasteiger partial charge in [-0.05, 0) is 93.8 Å². The molecule has 0 saturated carbocycles. The van der Waals surface area contributed by atoms with Gasteiger partial charge >= 0.3 is 0 Å². The van der Waals surface area contributed by atoms with E-state index in [2.05, 4.69) is 66.3 Å². The van der Waals surface area contributed by atoms with Crippen LogP contribution in [0.3, 0.4) is 0 Å². The van der Waals surface area contributed by atoms with E-state index >= 15 is 0 Å². The molecule has 3 aromatic rings. The van der Waals surface area contributed by atoms with Crippen LogP contribution in [0, 0.1) is 13.8 Å². The number of nitrogens with zero attached hydrogens (tertiary/aromatic N) is 4. The number of carbonyl (C=O) groups excluding carboxylic acids is 1. The molecule has 39 heavy (non-hydrogen) atoms. The first-order valence-electron chi connectivity index (χ1n) is 13.5. The standard InChI is InChI=1S/C31H42N4O3S/c1-22-14-28(37-7)15-23(2)30(22)39-34(6)20-29-16-26(21-38-29)31(36)33(5)17-24-8-10-25(11-9-24)18-35-13-12-27(19-35)32(3)4/h8-11,14-16,21,27H,12-13,17-20H2,1-7H3. The topological polar surface area (TPSA) is 52.4 Å². The minimum absolute atomic E-state index is 0.0435. The number of aryl methyl sites for hydroxylation is 2. The van der Waals surface area contributed by atoms with Crippen molar-refractivity contribution in [3.63, 3.8) is 0 Å². The lowest BCUT2D eigenvalue weighted by Gasteiger charge is -2.20. The normalized spacial score (nSPS) is 15.9. The van der Waals surface area contributed by atoms with Crippen LogP contribution in [0.5, 0.6) is 5.75 Å². The van der Waals surface area contributed by atoms with Gasteiger partial charge < -0.3 is 19.0 Å². The number of likely N-dealkylation sites (N-methyl/N-ethyl adjacent to an activating group) is 1. The molecule has 8 heteroatoms. The molecule has 7 nitrogen and oxygen atoms in total. The highest BCUT2D eigenvalue weighted by atomic mass is 32.2. The molecule has 0 radical (unpaired) electrons. The molecule has 4 rings (SSSR count). The molecular formula is C31H42N4O3S. The fraction of sp³-hybridized carbons (Fsp3) is 0.452. The highest BCUT2D eigenvalue weighted by Gasteiger charge is 2.24.